The van der Waals surface area contributed by atoms with Crippen molar-refractivity contribution in [2.24, 2.45) is 0 Å². The van der Waals surface area contributed by atoms with Crippen LogP contribution in [0.3, 0.4) is 0 Å². The van der Waals surface area contributed by atoms with Gasteiger partial charge in [0.15, 0.2) is 11.5 Å². The zero-order valence-corrected chi connectivity index (χ0v) is 16.0. The van der Waals surface area contributed by atoms with Gasteiger partial charge in [0.1, 0.15) is 17.7 Å². The number of hydrogen-bond acceptors (Lipinski definition) is 5. The molecule has 0 saturated heterocycles. The Kier molecular flexibility index (Phi) is 4.24. The number of benzene rings is 2. The molecule has 0 saturated carbocycles. The average molecular weight is 400 g/mol. The Morgan fingerprint density at radius 2 is 1.90 bits per heavy atom. The summed E-state index contributed by atoms with van der Waals surface area (Å²) in [6, 6.07) is 15.3. The maximum atomic E-state index is 14.5. The molecule has 3 heterocycles. The first-order valence-electron chi connectivity index (χ1n) is 9.43. The van der Waals surface area contributed by atoms with Crippen LogP contribution in [0.4, 0.5) is 10.2 Å². The highest BCUT2D eigenvalue weighted by atomic mass is 19.1. The predicted molar refractivity (Wildman–Crippen MR) is 113 cm³/mol. The second-order valence-corrected chi connectivity index (χ2v) is 6.94. The van der Waals surface area contributed by atoms with Gasteiger partial charge in [0.25, 0.3) is 5.56 Å². The third-order valence-electron chi connectivity index (χ3n) is 5.05. The SMILES string of the molecule is C[C@H](Nc1ncnc2[nH]cnc12)c1cc2cccc(F)c2c(=O)n1-c1ccccc1. The minimum atomic E-state index is -0.539. The van der Waals surface area contributed by atoms with Gasteiger partial charge in [-0.3, -0.25) is 9.36 Å². The van der Waals surface area contributed by atoms with Crippen LogP contribution in [0, 0.1) is 5.82 Å². The molecule has 0 spiro atoms. The van der Waals surface area contributed by atoms with Gasteiger partial charge < -0.3 is 10.3 Å². The summed E-state index contributed by atoms with van der Waals surface area (Å²) in [4.78, 5) is 29.0. The van der Waals surface area contributed by atoms with Gasteiger partial charge in [-0.25, -0.2) is 19.3 Å². The Morgan fingerprint density at radius 1 is 1.07 bits per heavy atom. The molecule has 5 aromatic rings. The van der Waals surface area contributed by atoms with Gasteiger partial charge in [-0.05, 0) is 36.6 Å². The fourth-order valence-corrected chi connectivity index (χ4v) is 3.65. The number of fused-ring (bicyclic) bond motifs is 2. The van der Waals surface area contributed by atoms with Gasteiger partial charge in [0.2, 0.25) is 0 Å². The van der Waals surface area contributed by atoms with Gasteiger partial charge in [0.05, 0.1) is 17.8 Å². The van der Waals surface area contributed by atoms with E-state index in [2.05, 4.69) is 25.3 Å². The Balaban J connectivity index is 1.71. The summed E-state index contributed by atoms with van der Waals surface area (Å²) in [6.45, 7) is 1.92. The van der Waals surface area contributed by atoms with E-state index >= 15 is 0 Å². The fourth-order valence-electron chi connectivity index (χ4n) is 3.65. The first-order chi connectivity index (χ1) is 14.6. The van der Waals surface area contributed by atoms with E-state index in [1.54, 1.807) is 18.5 Å². The van der Waals surface area contributed by atoms with E-state index in [0.717, 1.165) is 0 Å². The largest absolute Gasteiger partial charge is 0.360 e. The highest BCUT2D eigenvalue weighted by Crippen LogP contribution is 2.26. The van der Waals surface area contributed by atoms with Crippen molar-refractivity contribution >= 4 is 27.8 Å². The molecule has 0 aliphatic rings. The molecule has 1 atom stereocenters. The molecule has 0 unspecified atom stereocenters. The van der Waals surface area contributed by atoms with Crippen molar-refractivity contribution in [2.75, 3.05) is 5.32 Å². The van der Waals surface area contributed by atoms with E-state index < -0.39 is 11.4 Å². The van der Waals surface area contributed by atoms with Gasteiger partial charge in [-0.2, -0.15) is 0 Å². The second-order valence-electron chi connectivity index (χ2n) is 6.94. The smallest absolute Gasteiger partial charge is 0.266 e. The van der Waals surface area contributed by atoms with Crippen LogP contribution >= 0.6 is 0 Å². The second kappa shape index (κ2) is 7.07. The molecule has 3 aromatic heterocycles. The molecule has 8 heteroatoms. The van der Waals surface area contributed by atoms with Gasteiger partial charge in [-0.15, -0.1) is 0 Å². The number of nitrogens with one attached hydrogen (secondary N) is 2. The number of nitrogens with zero attached hydrogens (tertiary/aromatic N) is 4. The zero-order chi connectivity index (χ0) is 20.7. The minimum absolute atomic E-state index is 0.0639. The van der Waals surface area contributed by atoms with Crippen LogP contribution in [0.15, 0.2) is 72.0 Å². The van der Waals surface area contributed by atoms with Gasteiger partial charge >= 0.3 is 0 Å². The summed E-state index contributed by atoms with van der Waals surface area (Å²) in [5, 5.41) is 3.93. The third-order valence-corrected chi connectivity index (χ3v) is 5.05. The van der Waals surface area contributed by atoms with Crippen molar-refractivity contribution < 1.29 is 4.39 Å². The lowest BCUT2D eigenvalue weighted by atomic mass is 10.1. The Hall–Kier alpha value is -4.07. The van der Waals surface area contributed by atoms with E-state index in [-0.39, 0.29) is 11.4 Å². The van der Waals surface area contributed by atoms with Crippen LogP contribution in [0.5, 0.6) is 0 Å². The molecule has 148 valence electrons. The van der Waals surface area contributed by atoms with Crippen LogP contribution < -0.4 is 10.9 Å². The lowest BCUT2D eigenvalue weighted by molar-refractivity contribution is 0.637. The quantitative estimate of drug-likeness (QED) is 0.477. The lowest BCUT2D eigenvalue weighted by Crippen LogP contribution is -2.26. The number of aromatic nitrogens is 5. The van der Waals surface area contributed by atoms with E-state index in [1.165, 1.54) is 17.0 Å². The van der Waals surface area contributed by atoms with Crippen LogP contribution in [-0.4, -0.2) is 24.5 Å². The standard InChI is InChI=1S/C22H17FN6O/c1-13(28-21-19-20(25-11-24-19)26-12-27-21)17-10-14-6-5-9-16(23)18(14)22(30)29(17)15-7-3-2-4-8-15/h2-13H,1H3,(H2,24,25,26,27,28)/t13-/m0/s1. The number of pyridine rings is 1. The molecule has 0 aliphatic carbocycles. The molecular weight excluding hydrogens is 383 g/mol. The van der Waals surface area contributed by atoms with Crippen molar-refractivity contribution in [2.45, 2.75) is 13.0 Å². The highest BCUT2D eigenvalue weighted by Gasteiger charge is 2.19. The minimum Gasteiger partial charge on any atom is -0.360 e. The first-order valence-corrected chi connectivity index (χ1v) is 9.43. The Bertz CT molecular complexity index is 1430. The number of para-hydroxylation sites is 1. The van der Waals surface area contributed by atoms with Crippen molar-refractivity contribution in [1.29, 1.82) is 0 Å². The van der Waals surface area contributed by atoms with Gasteiger partial charge in [-0.1, -0.05) is 30.3 Å². The number of anilines is 1. The van der Waals surface area contributed by atoms with Crippen molar-refractivity contribution in [3.8, 4) is 5.69 Å². The molecule has 0 aliphatic heterocycles. The number of halogens is 1. The summed E-state index contributed by atoms with van der Waals surface area (Å²) >= 11 is 0. The fraction of sp³-hybridized carbons (Fsp3) is 0.0909. The predicted octanol–water partition coefficient (Wildman–Crippen LogP) is 3.97. The summed E-state index contributed by atoms with van der Waals surface area (Å²) < 4.78 is 16.0. The topological polar surface area (TPSA) is 88.5 Å². The zero-order valence-electron chi connectivity index (χ0n) is 16.0. The van der Waals surface area contributed by atoms with E-state index in [0.29, 0.717) is 33.7 Å². The monoisotopic (exact) mass is 400 g/mol. The van der Waals surface area contributed by atoms with Crippen LogP contribution in [-0.2, 0) is 0 Å². The number of rotatable bonds is 4. The normalized spacial score (nSPS) is 12.3. The molecule has 5 rings (SSSR count). The van der Waals surface area contributed by atoms with E-state index in [9.17, 15) is 9.18 Å². The summed E-state index contributed by atoms with van der Waals surface area (Å²) in [5.41, 5.74) is 2.13. The van der Waals surface area contributed by atoms with Crippen molar-refractivity contribution in [3.63, 3.8) is 0 Å². The lowest BCUT2D eigenvalue weighted by Gasteiger charge is -2.21. The van der Waals surface area contributed by atoms with Crippen molar-refractivity contribution in [1.82, 2.24) is 24.5 Å². The van der Waals surface area contributed by atoms with Crippen LogP contribution in [0.2, 0.25) is 0 Å². The summed E-state index contributed by atoms with van der Waals surface area (Å²) in [6.07, 6.45) is 2.99. The molecule has 0 amide bonds. The molecule has 7 nitrogen and oxygen atoms in total. The molecular formula is C22H17FN6O. The Labute approximate surface area is 170 Å². The number of imidazole rings is 1. The van der Waals surface area contributed by atoms with E-state index in [1.807, 2.05) is 43.3 Å². The molecule has 2 aromatic carbocycles. The highest BCUT2D eigenvalue weighted by molar-refractivity contribution is 5.84. The molecule has 0 fully saturated rings. The van der Waals surface area contributed by atoms with Crippen LogP contribution in [0.1, 0.15) is 18.7 Å². The number of H-pyrrole nitrogens is 1. The molecule has 0 radical (unpaired) electrons. The molecule has 2 N–H and O–H groups in total. The molecule has 0 bridgehead atoms. The van der Waals surface area contributed by atoms with E-state index in [4.69, 9.17) is 0 Å². The third kappa shape index (κ3) is 2.89. The van der Waals surface area contributed by atoms with Crippen LogP contribution in [0.25, 0.3) is 27.6 Å². The van der Waals surface area contributed by atoms with Gasteiger partial charge in [0, 0.05) is 11.4 Å². The van der Waals surface area contributed by atoms with Crippen molar-refractivity contribution in [3.05, 3.63) is 89.1 Å². The first kappa shape index (κ1) is 18.0. The summed E-state index contributed by atoms with van der Waals surface area (Å²) in [7, 11) is 0. The number of aromatic amines is 1. The summed E-state index contributed by atoms with van der Waals surface area (Å²) in [5.74, 6) is 0.00326. The average Bonchev–Trinajstić information content (AvgIpc) is 3.24. The molecule has 30 heavy (non-hydrogen) atoms. The maximum absolute atomic E-state index is 14.5. The Morgan fingerprint density at radius 3 is 2.73 bits per heavy atom. The number of hydrogen-bond donors (Lipinski definition) is 2. The maximum Gasteiger partial charge on any atom is 0.266 e.